The SMILES string of the molecule is CC1(C)CCN(CC(=O)c2cc(F)ccc2O)C1. The topological polar surface area (TPSA) is 40.5 Å². The number of likely N-dealkylation sites (tertiary alicyclic amines) is 1. The molecule has 0 aliphatic carbocycles. The molecule has 0 amide bonds. The monoisotopic (exact) mass is 251 g/mol. The van der Waals surface area contributed by atoms with E-state index in [1.165, 1.54) is 6.07 Å². The van der Waals surface area contributed by atoms with Gasteiger partial charge in [-0.15, -0.1) is 0 Å². The first-order chi connectivity index (χ1) is 8.37. The number of nitrogens with zero attached hydrogens (tertiary/aromatic N) is 1. The van der Waals surface area contributed by atoms with Gasteiger partial charge in [0, 0.05) is 6.54 Å². The molecule has 0 aromatic heterocycles. The smallest absolute Gasteiger partial charge is 0.180 e. The standard InChI is InChI=1S/C14H18FNO2/c1-14(2)5-6-16(9-14)8-13(18)11-7-10(15)3-4-12(11)17/h3-4,7,17H,5-6,8-9H2,1-2H3. The van der Waals surface area contributed by atoms with Gasteiger partial charge in [-0.2, -0.15) is 0 Å². The molecule has 1 aliphatic rings. The Bertz CT molecular complexity index is 471. The van der Waals surface area contributed by atoms with E-state index in [9.17, 15) is 14.3 Å². The van der Waals surface area contributed by atoms with Crippen molar-refractivity contribution >= 4 is 5.78 Å². The first kappa shape index (κ1) is 13.0. The first-order valence-corrected chi connectivity index (χ1v) is 6.11. The molecule has 18 heavy (non-hydrogen) atoms. The lowest BCUT2D eigenvalue weighted by atomic mass is 9.93. The van der Waals surface area contributed by atoms with Crippen molar-refractivity contribution in [3.63, 3.8) is 0 Å². The van der Waals surface area contributed by atoms with Gasteiger partial charge in [-0.25, -0.2) is 4.39 Å². The largest absolute Gasteiger partial charge is 0.507 e. The molecule has 98 valence electrons. The molecular weight excluding hydrogens is 233 g/mol. The molecule has 1 aliphatic heterocycles. The molecule has 0 radical (unpaired) electrons. The van der Waals surface area contributed by atoms with Gasteiger partial charge in [0.2, 0.25) is 0 Å². The van der Waals surface area contributed by atoms with E-state index in [4.69, 9.17) is 0 Å². The molecule has 0 saturated carbocycles. The minimum Gasteiger partial charge on any atom is -0.507 e. The number of ketones is 1. The van der Waals surface area contributed by atoms with Crippen LogP contribution in [0, 0.1) is 11.2 Å². The molecule has 4 heteroatoms. The van der Waals surface area contributed by atoms with Gasteiger partial charge >= 0.3 is 0 Å². The summed E-state index contributed by atoms with van der Waals surface area (Å²) in [7, 11) is 0. The number of carbonyl (C=O) groups excluding carboxylic acids is 1. The summed E-state index contributed by atoms with van der Waals surface area (Å²) in [5, 5.41) is 9.58. The lowest BCUT2D eigenvalue weighted by Gasteiger charge is -2.19. The van der Waals surface area contributed by atoms with Crippen molar-refractivity contribution in [2.24, 2.45) is 5.41 Å². The number of hydrogen-bond acceptors (Lipinski definition) is 3. The number of phenols is 1. The van der Waals surface area contributed by atoms with Crippen molar-refractivity contribution in [1.29, 1.82) is 0 Å². The summed E-state index contributed by atoms with van der Waals surface area (Å²) >= 11 is 0. The van der Waals surface area contributed by atoms with Crippen LogP contribution in [0.25, 0.3) is 0 Å². The zero-order chi connectivity index (χ0) is 13.3. The molecule has 1 fully saturated rings. The fraction of sp³-hybridized carbons (Fsp3) is 0.500. The minimum atomic E-state index is -0.502. The fourth-order valence-corrected chi connectivity index (χ4v) is 2.38. The maximum Gasteiger partial charge on any atom is 0.180 e. The van der Waals surface area contributed by atoms with Crippen LogP contribution >= 0.6 is 0 Å². The first-order valence-electron chi connectivity index (χ1n) is 6.11. The van der Waals surface area contributed by atoms with E-state index in [1.54, 1.807) is 0 Å². The Morgan fingerprint density at radius 3 is 2.83 bits per heavy atom. The van der Waals surface area contributed by atoms with Gasteiger partial charge in [-0.05, 0) is 36.6 Å². The molecule has 0 spiro atoms. The van der Waals surface area contributed by atoms with Gasteiger partial charge in [0.1, 0.15) is 11.6 Å². The zero-order valence-corrected chi connectivity index (χ0v) is 10.7. The summed E-state index contributed by atoms with van der Waals surface area (Å²) in [6, 6.07) is 3.46. The highest BCUT2D eigenvalue weighted by Gasteiger charge is 2.30. The number of hydrogen-bond donors (Lipinski definition) is 1. The normalized spacial score (nSPS) is 19.1. The third kappa shape index (κ3) is 2.88. The average Bonchev–Trinajstić information content (AvgIpc) is 2.61. The molecule has 2 rings (SSSR count). The Morgan fingerprint density at radius 2 is 2.22 bits per heavy atom. The van der Waals surface area contributed by atoms with Crippen molar-refractivity contribution in [2.45, 2.75) is 20.3 Å². The van der Waals surface area contributed by atoms with E-state index in [2.05, 4.69) is 13.8 Å². The Morgan fingerprint density at radius 1 is 1.50 bits per heavy atom. The summed E-state index contributed by atoms with van der Waals surface area (Å²) in [4.78, 5) is 14.1. The summed E-state index contributed by atoms with van der Waals surface area (Å²) in [5.74, 6) is -0.887. The summed E-state index contributed by atoms with van der Waals surface area (Å²) in [5.41, 5.74) is 0.296. The fourth-order valence-electron chi connectivity index (χ4n) is 2.38. The van der Waals surface area contributed by atoms with Crippen LogP contribution in [0.4, 0.5) is 4.39 Å². The van der Waals surface area contributed by atoms with Crippen molar-refractivity contribution < 1.29 is 14.3 Å². The second-order valence-corrected chi connectivity index (χ2v) is 5.71. The maximum absolute atomic E-state index is 13.1. The third-order valence-corrected chi connectivity index (χ3v) is 3.38. The zero-order valence-electron chi connectivity index (χ0n) is 10.7. The molecule has 0 unspecified atom stereocenters. The second kappa shape index (κ2) is 4.69. The van der Waals surface area contributed by atoms with E-state index in [-0.39, 0.29) is 29.1 Å². The quantitative estimate of drug-likeness (QED) is 0.839. The number of halogens is 1. The van der Waals surface area contributed by atoms with E-state index >= 15 is 0 Å². The number of aromatic hydroxyl groups is 1. The van der Waals surface area contributed by atoms with Gasteiger partial charge in [-0.3, -0.25) is 9.69 Å². The van der Waals surface area contributed by atoms with Crippen LogP contribution in [0.15, 0.2) is 18.2 Å². The van der Waals surface area contributed by atoms with Gasteiger partial charge in [0.15, 0.2) is 5.78 Å². The number of rotatable bonds is 3. The molecule has 0 atom stereocenters. The highest BCUT2D eigenvalue weighted by atomic mass is 19.1. The highest BCUT2D eigenvalue weighted by Crippen LogP contribution is 2.29. The van der Waals surface area contributed by atoms with Crippen LogP contribution in [0.1, 0.15) is 30.6 Å². The highest BCUT2D eigenvalue weighted by molar-refractivity contribution is 6.00. The van der Waals surface area contributed by atoms with Crippen molar-refractivity contribution in [3.05, 3.63) is 29.6 Å². The molecule has 3 nitrogen and oxygen atoms in total. The molecular formula is C14H18FNO2. The van der Waals surface area contributed by atoms with Gasteiger partial charge < -0.3 is 5.11 Å². The Labute approximate surface area is 106 Å². The van der Waals surface area contributed by atoms with Crippen molar-refractivity contribution in [3.8, 4) is 5.75 Å². The van der Waals surface area contributed by atoms with Gasteiger partial charge in [0.25, 0.3) is 0 Å². The van der Waals surface area contributed by atoms with Crippen LogP contribution in [-0.4, -0.2) is 35.4 Å². The lowest BCUT2D eigenvalue weighted by molar-refractivity contribution is 0.0937. The number of carbonyl (C=O) groups is 1. The average molecular weight is 251 g/mol. The van der Waals surface area contributed by atoms with Crippen LogP contribution in [0.2, 0.25) is 0 Å². The molecule has 1 N–H and O–H groups in total. The molecule has 0 bridgehead atoms. The summed E-state index contributed by atoms with van der Waals surface area (Å²) in [6.45, 7) is 6.29. The van der Waals surface area contributed by atoms with E-state index < -0.39 is 5.82 Å². The van der Waals surface area contributed by atoms with Crippen LogP contribution in [0.3, 0.4) is 0 Å². The summed E-state index contributed by atoms with van der Waals surface area (Å²) in [6.07, 6.45) is 1.05. The molecule has 1 heterocycles. The van der Waals surface area contributed by atoms with Gasteiger partial charge in [0.05, 0.1) is 12.1 Å². The van der Waals surface area contributed by atoms with Crippen molar-refractivity contribution in [2.75, 3.05) is 19.6 Å². The van der Waals surface area contributed by atoms with Gasteiger partial charge in [-0.1, -0.05) is 13.8 Å². The number of Topliss-reactive ketones (excluding diaryl/α,β-unsaturated/α-hetero) is 1. The molecule has 1 saturated heterocycles. The number of phenolic OH excluding ortho intramolecular Hbond substituents is 1. The lowest BCUT2D eigenvalue weighted by Crippen LogP contribution is -2.29. The van der Waals surface area contributed by atoms with Crippen LogP contribution in [0.5, 0.6) is 5.75 Å². The molecule has 1 aromatic carbocycles. The van der Waals surface area contributed by atoms with Crippen LogP contribution < -0.4 is 0 Å². The Kier molecular flexibility index (Phi) is 3.39. The van der Waals surface area contributed by atoms with E-state index in [0.29, 0.717) is 0 Å². The molecule has 1 aromatic rings. The third-order valence-electron chi connectivity index (χ3n) is 3.38. The van der Waals surface area contributed by atoms with E-state index in [1.807, 2.05) is 4.90 Å². The maximum atomic E-state index is 13.1. The summed E-state index contributed by atoms with van der Waals surface area (Å²) < 4.78 is 13.1. The Balaban J connectivity index is 2.06. The number of benzene rings is 1. The minimum absolute atomic E-state index is 0.0692. The second-order valence-electron chi connectivity index (χ2n) is 5.71. The predicted octanol–water partition coefficient (Wildman–Crippen LogP) is 2.45. The predicted molar refractivity (Wildman–Crippen MR) is 67.2 cm³/mol. The van der Waals surface area contributed by atoms with E-state index in [0.717, 1.165) is 31.6 Å². The Hall–Kier alpha value is -1.42. The van der Waals surface area contributed by atoms with Crippen molar-refractivity contribution in [1.82, 2.24) is 4.90 Å². The van der Waals surface area contributed by atoms with Crippen LogP contribution in [-0.2, 0) is 0 Å².